The molecule has 1 atom stereocenters. The van der Waals surface area contributed by atoms with Gasteiger partial charge in [-0.15, -0.1) is 0 Å². The minimum atomic E-state index is -3.83. The highest BCUT2D eigenvalue weighted by molar-refractivity contribution is 7.89. The molecule has 0 fully saturated rings. The number of carbonyl (C=O) groups excluding carboxylic acids is 2. The number of amides is 2. The van der Waals surface area contributed by atoms with Gasteiger partial charge in [-0.3, -0.25) is 9.59 Å². The molecule has 1 unspecified atom stereocenters. The minimum absolute atomic E-state index is 0.111. The Bertz CT molecular complexity index is 970. The summed E-state index contributed by atoms with van der Waals surface area (Å²) >= 11 is 0. The predicted octanol–water partition coefficient (Wildman–Crippen LogP) is 1.97. The first-order chi connectivity index (χ1) is 13.6. The molecule has 2 amide bonds. The minimum Gasteiger partial charge on any atom is -0.355 e. The van der Waals surface area contributed by atoms with Gasteiger partial charge in [0.15, 0.2) is 0 Å². The molecule has 29 heavy (non-hydrogen) atoms. The van der Waals surface area contributed by atoms with E-state index in [0.29, 0.717) is 5.56 Å². The number of sulfonamides is 1. The van der Waals surface area contributed by atoms with Gasteiger partial charge in [-0.05, 0) is 42.7 Å². The number of carbonyl (C=O) groups is 2. The quantitative estimate of drug-likeness (QED) is 0.611. The van der Waals surface area contributed by atoms with Gasteiger partial charge in [-0.25, -0.2) is 8.42 Å². The van der Waals surface area contributed by atoms with Crippen LogP contribution in [-0.2, 0) is 21.4 Å². The standard InChI is InChI=1S/C21H27N3O4S/c1-14(2)19(24-29(27,28)18-10-8-15(3)9-11-18)21(26)23-13-16-6-5-7-17(12-16)20(25)22-4/h5-12,14,19,24H,13H2,1-4H3,(H,22,25)(H,23,26). The summed E-state index contributed by atoms with van der Waals surface area (Å²) in [5.41, 5.74) is 2.17. The summed E-state index contributed by atoms with van der Waals surface area (Å²) in [6.07, 6.45) is 0. The second kappa shape index (κ2) is 9.67. The van der Waals surface area contributed by atoms with Gasteiger partial charge in [0.25, 0.3) is 5.91 Å². The number of rotatable bonds is 8. The molecule has 2 aromatic rings. The molecule has 0 aliphatic carbocycles. The van der Waals surface area contributed by atoms with Crippen molar-refractivity contribution in [3.63, 3.8) is 0 Å². The second-order valence-corrected chi connectivity index (χ2v) is 8.87. The molecule has 0 radical (unpaired) electrons. The van der Waals surface area contributed by atoms with Crippen LogP contribution in [-0.4, -0.2) is 33.3 Å². The zero-order valence-electron chi connectivity index (χ0n) is 17.0. The Kier molecular flexibility index (Phi) is 7.53. The van der Waals surface area contributed by atoms with Crippen LogP contribution < -0.4 is 15.4 Å². The number of benzene rings is 2. The Morgan fingerprint density at radius 1 is 1.03 bits per heavy atom. The summed E-state index contributed by atoms with van der Waals surface area (Å²) in [4.78, 5) is 24.5. The highest BCUT2D eigenvalue weighted by Crippen LogP contribution is 2.13. The first-order valence-electron chi connectivity index (χ1n) is 9.32. The molecule has 0 saturated heterocycles. The third-order valence-corrected chi connectivity index (χ3v) is 5.90. The van der Waals surface area contributed by atoms with E-state index in [9.17, 15) is 18.0 Å². The van der Waals surface area contributed by atoms with Crippen molar-refractivity contribution in [3.8, 4) is 0 Å². The molecule has 0 saturated carbocycles. The third-order valence-electron chi connectivity index (χ3n) is 4.45. The molecular weight excluding hydrogens is 390 g/mol. The average molecular weight is 418 g/mol. The summed E-state index contributed by atoms with van der Waals surface area (Å²) in [7, 11) is -2.29. The Morgan fingerprint density at radius 2 is 1.69 bits per heavy atom. The van der Waals surface area contributed by atoms with E-state index < -0.39 is 22.0 Å². The molecule has 156 valence electrons. The first-order valence-corrected chi connectivity index (χ1v) is 10.8. The Morgan fingerprint density at radius 3 is 2.28 bits per heavy atom. The Hall–Kier alpha value is -2.71. The van der Waals surface area contributed by atoms with Crippen LogP contribution in [0.15, 0.2) is 53.4 Å². The van der Waals surface area contributed by atoms with Crippen LogP contribution in [0.2, 0.25) is 0 Å². The summed E-state index contributed by atoms with van der Waals surface area (Å²) in [6.45, 7) is 5.59. The smallest absolute Gasteiger partial charge is 0.251 e. The van der Waals surface area contributed by atoms with Crippen molar-refractivity contribution in [2.45, 2.75) is 38.3 Å². The highest BCUT2D eigenvalue weighted by Gasteiger charge is 2.28. The van der Waals surface area contributed by atoms with Crippen LogP contribution in [0, 0.1) is 12.8 Å². The maximum Gasteiger partial charge on any atom is 0.251 e. The van der Waals surface area contributed by atoms with Crippen LogP contribution >= 0.6 is 0 Å². The van der Waals surface area contributed by atoms with Crippen molar-refractivity contribution in [1.82, 2.24) is 15.4 Å². The van der Waals surface area contributed by atoms with Gasteiger partial charge < -0.3 is 10.6 Å². The normalized spacial score (nSPS) is 12.4. The Balaban J connectivity index is 2.10. The zero-order chi connectivity index (χ0) is 21.6. The highest BCUT2D eigenvalue weighted by atomic mass is 32.2. The molecule has 0 aliphatic heterocycles. The van der Waals surface area contributed by atoms with E-state index in [0.717, 1.165) is 11.1 Å². The second-order valence-electron chi connectivity index (χ2n) is 7.15. The molecule has 8 heteroatoms. The van der Waals surface area contributed by atoms with Gasteiger partial charge in [0.2, 0.25) is 15.9 Å². The lowest BCUT2D eigenvalue weighted by Crippen LogP contribution is -2.49. The van der Waals surface area contributed by atoms with E-state index in [1.807, 2.05) is 6.92 Å². The first kappa shape index (κ1) is 22.6. The molecular formula is C21H27N3O4S. The third kappa shape index (κ3) is 6.13. The van der Waals surface area contributed by atoms with E-state index in [-0.39, 0.29) is 23.3 Å². The lowest BCUT2D eigenvalue weighted by Gasteiger charge is -2.22. The molecule has 0 spiro atoms. The van der Waals surface area contributed by atoms with E-state index >= 15 is 0 Å². The number of aryl methyl sites for hydroxylation is 1. The fourth-order valence-corrected chi connectivity index (χ4v) is 4.05. The molecule has 0 heterocycles. The molecule has 2 aromatic carbocycles. The van der Waals surface area contributed by atoms with E-state index in [1.165, 1.54) is 12.1 Å². The van der Waals surface area contributed by atoms with Crippen molar-refractivity contribution in [1.29, 1.82) is 0 Å². The van der Waals surface area contributed by atoms with Crippen LogP contribution in [0.1, 0.15) is 35.3 Å². The molecule has 3 N–H and O–H groups in total. The maximum atomic E-state index is 12.7. The summed E-state index contributed by atoms with van der Waals surface area (Å²) in [5, 5.41) is 5.30. The van der Waals surface area contributed by atoms with Crippen molar-refractivity contribution < 1.29 is 18.0 Å². The fourth-order valence-electron chi connectivity index (χ4n) is 2.71. The fraction of sp³-hybridized carbons (Fsp3) is 0.333. The van der Waals surface area contributed by atoms with Crippen LogP contribution in [0.4, 0.5) is 0 Å². The van der Waals surface area contributed by atoms with Crippen molar-refractivity contribution in [2.75, 3.05) is 7.05 Å². The molecule has 7 nitrogen and oxygen atoms in total. The lowest BCUT2D eigenvalue weighted by atomic mass is 10.0. The average Bonchev–Trinajstić information content (AvgIpc) is 2.70. The molecule has 0 aromatic heterocycles. The molecule has 0 aliphatic rings. The van der Waals surface area contributed by atoms with E-state index in [1.54, 1.807) is 57.3 Å². The summed E-state index contributed by atoms with van der Waals surface area (Å²) in [6, 6.07) is 12.4. The van der Waals surface area contributed by atoms with Crippen molar-refractivity contribution in [2.24, 2.45) is 5.92 Å². The van der Waals surface area contributed by atoms with Crippen LogP contribution in [0.3, 0.4) is 0 Å². The molecule has 2 rings (SSSR count). The number of hydrogen-bond acceptors (Lipinski definition) is 4. The van der Waals surface area contributed by atoms with Gasteiger partial charge in [-0.1, -0.05) is 43.7 Å². The Labute approximate surface area is 172 Å². The topological polar surface area (TPSA) is 104 Å². The van der Waals surface area contributed by atoms with Gasteiger partial charge >= 0.3 is 0 Å². The monoisotopic (exact) mass is 417 g/mol. The summed E-state index contributed by atoms with van der Waals surface area (Å²) < 4.78 is 27.8. The van der Waals surface area contributed by atoms with Crippen molar-refractivity contribution >= 4 is 21.8 Å². The largest absolute Gasteiger partial charge is 0.355 e. The van der Waals surface area contributed by atoms with E-state index in [4.69, 9.17) is 0 Å². The van der Waals surface area contributed by atoms with Crippen molar-refractivity contribution in [3.05, 3.63) is 65.2 Å². The number of nitrogens with one attached hydrogen (secondary N) is 3. The van der Waals surface area contributed by atoms with Gasteiger partial charge in [0.1, 0.15) is 6.04 Å². The SMILES string of the molecule is CNC(=O)c1cccc(CNC(=O)C(NS(=O)(=O)c2ccc(C)cc2)C(C)C)c1. The lowest BCUT2D eigenvalue weighted by molar-refractivity contribution is -0.123. The predicted molar refractivity (Wildman–Crippen MR) is 112 cm³/mol. The van der Waals surface area contributed by atoms with Gasteiger partial charge in [0, 0.05) is 19.2 Å². The maximum absolute atomic E-state index is 12.7. The zero-order valence-corrected chi connectivity index (χ0v) is 17.8. The van der Waals surface area contributed by atoms with Gasteiger partial charge in [0.05, 0.1) is 4.90 Å². The van der Waals surface area contributed by atoms with E-state index in [2.05, 4.69) is 15.4 Å². The molecule has 0 bridgehead atoms. The van der Waals surface area contributed by atoms with Gasteiger partial charge in [-0.2, -0.15) is 4.72 Å². The van der Waals surface area contributed by atoms with Crippen LogP contribution in [0.5, 0.6) is 0 Å². The summed E-state index contributed by atoms with van der Waals surface area (Å²) in [5.74, 6) is -0.905. The number of hydrogen-bond donors (Lipinski definition) is 3. The van der Waals surface area contributed by atoms with Crippen LogP contribution in [0.25, 0.3) is 0 Å².